The molecule has 2 fully saturated rings. The number of hydrogen-bond acceptors (Lipinski definition) is 8. The first-order chi connectivity index (χ1) is 21.3. The standard InChI is InChI=1S/C28H29ClF3N9O4/c1-3-19-23(38-8-10-39(11-9-38)25(44)22-20(42)13-37(2)35-22)26(45)41-27(34-24(36-41)15-4-5-15)40(19)14-21(43)33-18-7-6-16(12-17(18)29)28(30,31)32/h6-7,12-13,15,42H,3-5,8-11,14H2,1-2H3,(H,33,43). The number of rotatable bonds is 7. The lowest BCUT2D eigenvalue weighted by Crippen LogP contribution is -2.51. The molecular formula is C28H29ClF3N9O4. The summed E-state index contributed by atoms with van der Waals surface area (Å²) in [7, 11) is 1.60. The van der Waals surface area contributed by atoms with Crippen LogP contribution in [0.3, 0.4) is 0 Å². The summed E-state index contributed by atoms with van der Waals surface area (Å²) >= 11 is 6.07. The van der Waals surface area contributed by atoms with Crippen molar-refractivity contribution in [1.29, 1.82) is 0 Å². The van der Waals surface area contributed by atoms with E-state index in [0.29, 0.717) is 23.6 Å². The third-order valence-corrected chi connectivity index (χ3v) is 8.20. The Labute approximate surface area is 258 Å². The van der Waals surface area contributed by atoms with E-state index in [-0.39, 0.29) is 66.6 Å². The summed E-state index contributed by atoms with van der Waals surface area (Å²) in [5.74, 6) is -0.458. The molecule has 1 saturated carbocycles. The Morgan fingerprint density at radius 3 is 2.42 bits per heavy atom. The van der Waals surface area contributed by atoms with Crippen LogP contribution in [0.4, 0.5) is 24.5 Å². The van der Waals surface area contributed by atoms with Gasteiger partial charge in [-0.25, -0.2) is 0 Å². The monoisotopic (exact) mass is 647 g/mol. The van der Waals surface area contributed by atoms with Gasteiger partial charge >= 0.3 is 6.18 Å². The summed E-state index contributed by atoms with van der Waals surface area (Å²) in [6, 6.07) is 2.66. The summed E-state index contributed by atoms with van der Waals surface area (Å²) in [6.45, 7) is 2.56. The Bertz CT molecular complexity index is 1870. The number of anilines is 2. The Morgan fingerprint density at radius 1 is 1.13 bits per heavy atom. The van der Waals surface area contributed by atoms with E-state index < -0.39 is 29.1 Å². The summed E-state index contributed by atoms with van der Waals surface area (Å²) < 4.78 is 43.4. The van der Waals surface area contributed by atoms with Gasteiger partial charge in [-0.15, -0.1) is 5.10 Å². The minimum Gasteiger partial charge on any atom is -0.504 e. The molecule has 0 unspecified atom stereocenters. The number of carbonyl (C=O) groups excluding carboxylic acids is 2. The van der Waals surface area contributed by atoms with E-state index in [1.807, 2.05) is 11.8 Å². The van der Waals surface area contributed by atoms with Crippen molar-refractivity contribution in [3.63, 3.8) is 0 Å². The molecule has 4 aromatic rings. The van der Waals surface area contributed by atoms with Crippen molar-refractivity contribution in [2.45, 2.75) is 44.8 Å². The minimum absolute atomic E-state index is 0.00451. The van der Waals surface area contributed by atoms with Crippen molar-refractivity contribution < 1.29 is 27.9 Å². The van der Waals surface area contributed by atoms with Gasteiger partial charge in [0.2, 0.25) is 11.7 Å². The van der Waals surface area contributed by atoms with Crippen LogP contribution in [0.25, 0.3) is 5.78 Å². The first-order valence-electron chi connectivity index (χ1n) is 14.3. The van der Waals surface area contributed by atoms with E-state index in [0.717, 1.165) is 31.0 Å². The summed E-state index contributed by atoms with van der Waals surface area (Å²) in [5.41, 5.74) is -0.585. The van der Waals surface area contributed by atoms with Crippen molar-refractivity contribution in [2.75, 3.05) is 36.4 Å². The highest BCUT2D eigenvalue weighted by atomic mass is 35.5. The molecule has 2 aliphatic rings. The second-order valence-electron chi connectivity index (χ2n) is 11.1. The van der Waals surface area contributed by atoms with Gasteiger partial charge in [0.05, 0.1) is 28.2 Å². The minimum atomic E-state index is -4.59. The lowest BCUT2D eigenvalue weighted by Gasteiger charge is -2.36. The average Bonchev–Trinajstić information content (AvgIpc) is 3.65. The van der Waals surface area contributed by atoms with Crippen LogP contribution in [0.1, 0.15) is 53.3 Å². The number of alkyl halides is 3. The zero-order chi connectivity index (χ0) is 32.2. The molecule has 0 radical (unpaired) electrons. The van der Waals surface area contributed by atoms with Crippen molar-refractivity contribution in [3.05, 3.63) is 62.5 Å². The fourth-order valence-corrected chi connectivity index (χ4v) is 5.72. The Hall–Kier alpha value is -4.60. The molecule has 45 heavy (non-hydrogen) atoms. The first-order valence-corrected chi connectivity index (χ1v) is 14.7. The maximum Gasteiger partial charge on any atom is 0.416 e. The molecule has 6 rings (SSSR count). The highest BCUT2D eigenvalue weighted by Gasteiger charge is 2.34. The van der Waals surface area contributed by atoms with E-state index >= 15 is 0 Å². The molecule has 0 spiro atoms. The number of piperazine rings is 1. The number of benzene rings is 1. The number of halogens is 4. The second-order valence-corrected chi connectivity index (χ2v) is 11.5. The highest BCUT2D eigenvalue weighted by molar-refractivity contribution is 6.33. The fourth-order valence-electron chi connectivity index (χ4n) is 5.50. The van der Waals surface area contributed by atoms with Crippen LogP contribution in [0.15, 0.2) is 29.2 Å². The predicted molar refractivity (Wildman–Crippen MR) is 157 cm³/mol. The number of nitrogens with zero attached hydrogens (tertiary/aromatic N) is 8. The smallest absolute Gasteiger partial charge is 0.416 e. The van der Waals surface area contributed by atoms with Gasteiger partial charge < -0.3 is 24.8 Å². The molecule has 0 bridgehead atoms. The van der Waals surface area contributed by atoms with Gasteiger partial charge in [-0.3, -0.25) is 19.1 Å². The SMILES string of the molecule is CCc1c(N2CCN(C(=O)c3nn(C)cc3O)CC2)c(=O)n2nc(C3CC3)nc2n1CC(=O)Nc1ccc(C(F)(F)F)cc1Cl. The lowest BCUT2D eigenvalue weighted by atomic mass is 10.2. The highest BCUT2D eigenvalue weighted by Crippen LogP contribution is 2.38. The number of fused-ring (bicyclic) bond motifs is 1. The molecule has 238 valence electrons. The van der Waals surface area contributed by atoms with Crippen LogP contribution >= 0.6 is 11.6 Å². The van der Waals surface area contributed by atoms with Gasteiger partial charge in [0.15, 0.2) is 17.3 Å². The van der Waals surface area contributed by atoms with E-state index in [4.69, 9.17) is 11.6 Å². The van der Waals surface area contributed by atoms with E-state index in [9.17, 15) is 32.7 Å². The van der Waals surface area contributed by atoms with E-state index in [2.05, 4.69) is 20.5 Å². The fraction of sp³-hybridized carbons (Fsp3) is 0.429. The maximum absolute atomic E-state index is 13.9. The second kappa shape index (κ2) is 11.4. The topological polar surface area (TPSA) is 143 Å². The molecule has 17 heteroatoms. The normalized spacial score (nSPS) is 15.6. The van der Waals surface area contributed by atoms with Crippen LogP contribution in [-0.2, 0) is 31.0 Å². The number of hydrogen-bond donors (Lipinski definition) is 2. The van der Waals surface area contributed by atoms with Crippen molar-refractivity contribution >= 4 is 40.6 Å². The molecule has 1 aliphatic heterocycles. The third kappa shape index (κ3) is 5.81. The van der Waals surface area contributed by atoms with Crippen molar-refractivity contribution in [1.82, 2.24) is 33.8 Å². The molecule has 2 amide bonds. The summed E-state index contributed by atoms with van der Waals surface area (Å²) in [5, 5.41) is 20.9. The van der Waals surface area contributed by atoms with Gasteiger partial charge in [-0.05, 0) is 37.5 Å². The molecule has 4 heterocycles. The molecule has 3 aromatic heterocycles. The molecule has 1 aromatic carbocycles. The van der Waals surface area contributed by atoms with E-state index in [1.54, 1.807) is 16.5 Å². The van der Waals surface area contributed by atoms with Crippen LogP contribution < -0.4 is 15.8 Å². The Morgan fingerprint density at radius 2 is 1.84 bits per heavy atom. The molecule has 13 nitrogen and oxygen atoms in total. The Balaban J connectivity index is 1.31. The van der Waals surface area contributed by atoms with Gasteiger partial charge in [0.1, 0.15) is 12.2 Å². The van der Waals surface area contributed by atoms with Crippen molar-refractivity contribution in [2.24, 2.45) is 7.05 Å². The number of nitrogens with one attached hydrogen (secondary N) is 1. The molecule has 1 aliphatic carbocycles. The molecule has 1 saturated heterocycles. The molecular weight excluding hydrogens is 619 g/mol. The van der Waals surface area contributed by atoms with Crippen LogP contribution in [-0.4, -0.2) is 76.9 Å². The third-order valence-electron chi connectivity index (χ3n) is 7.89. The van der Waals surface area contributed by atoms with Crippen molar-refractivity contribution in [3.8, 4) is 5.75 Å². The number of aromatic hydroxyl groups is 1. The van der Waals surface area contributed by atoms with Crippen LogP contribution in [0, 0.1) is 0 Å². The van der Waals surface area contributed by atoms with Gasteiger partial charge in [0, 0.05) is 39.1 Å². The van der Waals surface area contributed by atoms with Crippen LogP contribution in [0.5, 0.6) is 5.75 Å². The molecule has 0 atom stereocenters. The molecule has 2 N–H and O–H groups in total. The quantitative estimate of drug-likeness (QED) is 0.312. The maximum atomic E-state index is 13.9. The zero-order valence-electron chi connectivity index (χ0n) is 24.3. The number of aromatic nitrogens is 6. The summed E-state index contributed by atoms with van der Waals surface area (Å²) in [4.78, 5) is 48.2. The zero-order valence-corrected chi connectivity index (χ0v) is 25.1. The lowest BCUT2D eigenvalue weighted by molar-refractivity contribution is -0.137. The largest absolute Gasteiger partial charge is 0.504 e. The van der Waals surface area contributed by atoms with Gasteiger partial charge in [-0.2, -0.15) is 27.8 Å². The summed E-state index contributed by atoms with van der Waals surface area (Å²) in [6.07, 6.45) is -1.15. The first kappa shape index (κ1) is 30.4. The van der Waals surface area contributed by atoms with E-state index in [1.165, 1.54) is 15.4 Å². The van der Waals surface area contributed by atoms with Gasteiger partial charge in [-0.1, -0.05) is 18.5 Å². The Kier molecular flexibility index (Phi) is 7.71. The van der Waals surface area contributed by atoms with Crippen LogP contribution in [0.2, 0.25) is 5.02 Å². The number of carbonyl (C=O) groups is 2. The number of aryl methyl sites for hydroxylation is 1. The van der Waals surface area contributed by atoms with Gasteiger partial charge in [0.25, 0.3) is 11.5 Å². The predicted octanol–water partition coefficient (Wildman–Crippen LogP) is 3.04. The number of amides is 2. The average molecular weight is 648 g/mol.